The van der Waals surface area contributed by atoms with Crippen molar-refractivity contribution in [2.45, 2.75) is 32.3 Å². The Balaban J connectivity index is 1.30. The van der Waals surface area contributed by atoms with Crippen LogP contribution in [0.25, 0.3) is 0 Å². The average molecular weight is 416 g/mol. The molecule has 0 aliphatic carbocycles. The van der Waals surface area contributed by atoms with E-state index < -0.39 is 5.91 Å². The topological polar surface area (TPSA) is 77.7 Å². The highest BCUT2D eigenvalue weighted by atomic mass is 35.5. The molecule has 1 saturated heterocycles. The third-order valence-electron chi connectivity index (χ3n) is 5.65. The molecule has 7 heteroatoms. The molecular formula is C22H26ClN3O3. The lowest BCUT2D eigenvalue weighted by molar-refractivity contribution is 0.0477. The minimum Gasteiger partial charge on any atom is -0.486 e. The van der Waals surface area contributed by atoms with Crippen molar-refractivity contribution < 1.29 is 14.3 Å². The zero-order chi connectivity index (χ0) is 20.4. The first-order valence-electron chi connectivity index (χ1n) is 10.1. The van der Waals surface area contributed by atoms with Gasteiger partial charge in [0.15, 0.2) is 11.5 Å². The minimum absolute atomic E-state index is 0.00239. The van der Waals surface area contributed by atoms with Crippen LogP contribution >= 0.6 is 11.6 Å². The first-order valence-corrected chi connectivity index (χ1v) is 10.4. The van der Waals surface area contributed by atoms with Crippen LogP contribution in [-0.4, -0.2) is 48.1 Å². The number of amides is 1. The maximum absolute atomic E-state index is 11.7. The molecule has 3 heterocycles. The van der Waals surface area contributed by atoms with Gasteiger partial charge in [0.2, 0.25) is 0 Å². The van der Waals surface area contributed by atoms with Gasteiger partial charge in [0.25, 0.3) is 5.91 Å². The molecule has 2 aromatic rings. The Labute approximate surface area is 176 Å². The number of primary amides is 1. The molecule has 0 radical (unpaired) electrons. The number of carbonyl (C=O) groups excluding carboxylic acids is 1. The van der Waals surface area contributed by atoms with Crippen LogP contribution in [0.5, 0.6) is 11.5 Å². The molecule has 1 aromatic carbocycles. The molecule has 1 atom stereocenters. The summed E-state index contributed by atoms with van der Waals surface area (Å²) in [4.78, 5) is 18.7. The van der Waals surface area contributed by atoms with E-state index in [0.29, 0.717) is 28.9 Å². The summed E-state index contributed by atoms with van der Waals surface area (Å²) in [6, 6.07) is 9.09. The molecular weight excluding hydrogens is 390 g/mol. The lowest BCUT2D eigenvalue weighted by atomic mass is 9.90. The standard InChI is InChI=1S/C22H26ClN3O3/c1-14-2-4-18(22(24)27)19(25-14)10-15-6-8-26(9-7-15)12-17-13-28-20-5-3-16(23)11-21(20)29-17/h2-5,11,15,17H,6-10,12-13H2,1H3,(H2,24,27). The summed E-state index contributed by atoms with van der Waals surface area (Å²) in [6.07, 6.45) is 2.91. The summed E-state index contributed by atoms with van der Waals surface area (Å²) in [5.74, 6) is 1.56. The van der Waals surface area contributed by atoms with E-state index >= 15 is 0 Å². The summed E-state index contributed by atoms with van der Waals surface area (Å²) in [6.45, 7) is 5.29. The minimum atomic E-state index is -0.403. The molecule has 0 saturated carbocycles. The van der Waals surface area contributed by atoms with Crippen molar-refractivity contribution in [2.75, 3.05) is 26.2 Å². The number of piperidine rings is 1. The van der Waals surface area contributed by atoms with Gasteiger partial charge in [0.05, 0.1) is 11.3 Å². The smallest absolute Gasteiger partial charge is 0.250 e. The molecule has 29 heavy (non-hydrogen) atoms. The fourth-order valence-electron chi connectivity index (χ4n) is 4.10. The van der Waals surface area contributed by atoms with Gasteiger partial charge in [-0.3, -0.25) is 14.7 Å². The third kappa shape index (κ3) is 4.82. The second kappa shape index (κ2) is 8.59. The first kappa shape index (κ1) is 20.0. The van der Waals surface area contributed by atoms with Crippen molar-refractivity contribution in [1.29, 1.82) is 0 Å². The summed E-state index contributed by atoms with van der Waals surface area (Å²) in [5, 5.41) is 0.647. The van der Waals surface area contributed by atoms with Gasteiger partial charge in [0, 0.05) is 23.3 Å². The number of hydrogen-bond donors (Lipinski definition) is 1. The van der Waals surface area contributed by atoms with E-state index in [1.807, 2.05) is 25.1 Å². The lowest BCUT2D eigenvalue weighted by Crippen LogP contribution is -2.44. The highest BCUT2D eigenvalue weighted by Gasteiger charge is 2.27. The van der Waals surface area contributed by atoms with Gasteiger partial charge in [-0.25, -0.2) is 0 Å². The molecule has 2 aliphatic heterocycles. The second-order valence-electron chi connectivity index (χ2n) is 7.90. The van der Waals surface area contributed by atoms with E-state index in [4.69, 9.17) is 26.8 Å². The third-order valence-corrected chi connectivity index (χ3v) is 5.89. The van der Waals surface area contributed by atoms with Gasteiger partial charge in [-0.1, -0.05) is 11.6 Å². The zero-order valence-electron chi connectivity index (χ0n) is 16.6. The molecule has 1 unspecified atom stereocenters. The molecule has 0 spiro atoms. The van der Waals surface area contributed by atoms with Crippen molar-refractivity contribution in [3.8, 4) is 11.5 Å². The van der Waals surface area contributed by atoms with Crippen LogP contribution in [0.3, 0.4) is 0 Å². The van der Waals surface area contributed by atoms with Crippen LogP contribution in [-0.2, 0) is 6.42 Å². The van der Waals surface area contributed by atoms with Crippen LogP contribution in [0.4, 0.5) is 0 Å². The Kier molecular flexibility index (Phi) is 5.92. The van der Waals surface area contributed by atoms with Crippen LogP contribution in [0.2, 0.25) is 5.02 Å². The highest BCUT2D eigenvalue weighted by molar-refractivity contribution is 6.30. The second-order valence-corrected chi connectivity index (χ2v) is 8.34. The Morgan fingerprint density at radius 3 is 2.79 bits per heavy atom. The Hall–Kier alpha value is -2.31. The van der Waals surface area contributed by atoms with Crippen LogP contribution < -0.4 is 15.2 Å². The number of nitrogens with zero attached hydrogens (tertiary/aromatic N) is 2. The molecule has 2 N–H and O–H groups in total. The SMILES string of the molecule is Cc1ccc(C(N)=O)c(CC2CCN(CC3COc4ccc(Cl)cc4O3)CC2)n1. The number of aromatic nitrogens is 1. The fraction of sp³-hybridized carbons (Fsp3) is 0.455. The molecule has 1 amide bonds. The average Bonchev–Trinajstić information content (AvgIpc) is 2.69. The molecule has 1 fully saturated rings. The van der Waals surface area contributed by atoms with Gasteiger partial charge < -0.3 is 15.2 Å². The molecule has 2 aliphatic rings. The molecule has 4 rings (SSSR count). The van der Waals surface area contributed by atoms with Crippen molar-refractivity contribution >= 4 is 17.5 Å². The monoisotopic (exact) mass is 415 g/mol. The van der Waals surface area contributed by atoms with Crippen molar-refractivity contribution in [2.24, 2.45) is 11.7 Å². The van der Waals surface area contributed by atoms with Crippen molar-refractivity contribution in [1.82, 2.24) is 9.88 Å². The van der Waals surface area contributed by atoms with Crippen molar-refractivity contribution in [3.05, 3.63) is 52.3 Å². The van der Waals surface area contributed by atoms with E-state index in [1.54, 1.807) is 12.1 Å². The van der Waals surface area contributed by atoms with E-state index in [1.165, 1.54) is 0 Å². The molecule has 154 valence electrons. The summed E-state index contributed by atoms with van der Waals surface area (Å²) < 4.78 is 11.9. The van der Waals surface area contributed by atoms with Gasteiger partial charge in [0.1, 0.15) is 12.7 Å². The molecule has 6 nitrogen and oxygen atoms in total. The summed E-state index contributed by atoms with van der Waals surface area (Å²) >= 11 is 6.06. The van der Waals surface area contributed by atoms with E-state index in [2.05, 4.69) is 9.88 Å². The number of halogens is 1. The number of pyridine rings is 1. The summed E-state index contributed by atoms with van der Waals surface area (Å²) in [5.41, 5.74) is 7.80. The lowest BCUT2D eigenvalue weighted by Gasteiger charge is -2.35. The van der Waals surface area contributed by atoms with Gasteiger partial charge in [-0.15, -0.1) is 0 Å². The predicted molar refractivity (Wildman–Crippen MR) is 112 cm³/mol. The van der Waals surface area contributed by atoms with Gasteiger partial charge in [-0.2, -0.15) is 0 Å². The Morgan fingerprint density at radius 2 is 2.03 bits per heavy atom. The Bertz CT molecular complexity index is 897. The van der Waals surface area contributed by atoms with Crippen LogP contribution in [0, 0.1) is 12.8 Å². The highest BCUT2D eigenvalue weighted by Crippen LogP contribution is 2.34. The van der Waals surface area contributed by atoms with Gasteiger partial charge >= 0.3 is 0 Å². The van der Waals surface area contributed by atoms with E-state index in [0.717, 1.165) is 56.0 Å². The van der Waals surface area contributed by atoms with E-state index in [-0.39, 0.29) is 6.10 Å². The quantitative estimate of drug-likeness (QED) is 0.811. The maximum Gasteiger partial charge on any atom is 0.250 e. The first-order chi connectivity index (χ1) is 14.0. The number of carbonyl (C=O) groups is 1. The van der Waals surface area contributed by atoms with E-state index in [9.17, 15) is 4.79 Å². The van der Waals surface area contributed by atoms with Gasteiger partial charge in [-0.05, 0) is 69.5 Å². The summed E-state index contributed by atoms with van der Waals surface area (Å²) in [7, 11) is 0. The molecule has 0 bridgehead atoms. The molecule has 1 aromatic heterocycles. The number of aryl methyl sites for hydroxylation is 1. The number of likely N-dealkylation sites (tertiary alicyclic amines) is 1. The zero-order valence-corrected chi connectivity index (χ0v) is 17.3. The van der Waals surface area contributed by atoms with Crippen molar-refractivity contribution in [3.63, 3.8) is 0 Å². The maximum atomic E-state index is 11.7. The number of ether oxygens (including phenoxy) is 2. The van der Waals surface area contributed by atoms with Crippen LogP contribution in [0.15, 0.2) is 30.3 Å². The fourth-order valence-corrected chi connectivity index (χ4v) is 4.27. The normalized spacial score (nSPS) is 19.9. The number of benzene rings is 1. The predicted octanol–water partition coefficient (Wildman–Crippen LogP) is 3.24. The van der Waals surface area contributed by atoms with Crippen LogP contribution in [0.1, 0.15) is 34.6 Å². The Morgan fingerprint density at radius 1 is 1.24 bits per heavy atom. The number of hydrogen-bond acceptors (Lipinski definition) is 5. The number of rotatable bonds is 5. The number of fused-ring (bicyclic) bond motifs is 1. The largest absolute Gasteiger partial charge is 0.486 e. The number of nitrogens with two attached hydrogens (primary N) is 1.